The summed E-state index contributed by atoms with van der Waals surface area (Å²) in [5.74, 6) is -0.257. The lowest BCUT2D eigenvalue weighted by atomic mass is 9.76. The van der Waals surface area contributed by atoms with Crippen LogP contribution in [0, 0.1) is 5.82 Å². The minimum atomic E-state index is -1.88. The number of hydrogen-bond acceptors (Lipinski definition) is 5. The van der Waals surface area contributed by atoms with Crippen LogP contribution in [0.25, 0.3) is 11.3 Å². The molecule has 0 spiro atoms. The van der Waals surface area contributed by atoms with Crippen LogP contribution in [0.2, 0.25) is 0 Å². The lowest BCUT2D eigenvalue weighted by molar-refractivity contribution is 0.146. The van der Waals surface area contributed by atoms with Crippen LogP contribution in [0.5, 0.6) is 5.75 Å². The van der Waals surface area contributed by atoms with Gasteiger partial charge in [0.25, 0.3) is 0 Å². The molecule has 1 aromatic heterocycles. The van der Waals surface area contributed by atoms with Crippen LogP contribution < -0.4 is 10.2 Å². The van der Waals surface area contributed by atoms with E-state index in [1.807, 2.05) is 91.0 Å². The van der Waals surface area contributed by atoms with Gasteiger partial charge in [-0.1, -0.05) is 91.0 Å². The Bertz CT molecular complexity index is 1420. The standard InChI is InChI=1S/C31H28BFN2O4/c1-38-19-20-39-26-17-18-27(29(33)21-26)30-28(32(36)37)22-35(34-30)31(23-11-5-2-6-12-23,24-13-7-3-8-14-24)25-15-9-4-10-16-25/h2-18,21-22,36-37H,19-20H2,1H3. The first-order valence-corrected chi connectivity index (χ1v) is 12.6. The Kier molecular flexibility index (Phi) is 7.88. The highest BCUT2D eigenvalue weighted by atomic mass is 19.1. The maximum absolute atomic E-state index is 15.4. The summed E-state index contributed by atoms with van der Waals surface area (Å²) in [4.78, 5) is 0. The number of nitrogens with zero attached hydrogens (tertiary/aromatic N) is 2. The molecule has 0 saturated heterocycles. The molecule has 0 radical (unpaired) electrons. The number of ether oxygens (including phenoxy) is 2. The number of methoxy groups -OCH3 is 1. The number of hydrogen-bond donors (Lipinski definition) is 2. The van der Waals surface area contributed by atoms with E-state index in [0.717, 1.165) is 16.7 Å². The molecule has 196 valence electrons. The maximum Gasteiger partial charge on any atom is 0.492 e. The third-order valence-corrected chi connectivity index (χ3v) is 6.69. The molecule has 4 aromatic carbocycles. The summed E-state index contributed by atoms with van der Waals surface area (Å²) < 4.78 is 27.7. The van der Waals surface area contributed by atoms with Gasteiger partial charge in [0, 0.05) is 30.4 Å². The lowest BCUT2D eigenvalue weighted by Crippen LogP contribution is -2.39. The molecule has 0 saturated carbocycles. The average molecular weight is 522 g/mol. The van der Waals surface area contributed by atoms with Crippen molar-refractivity contribution in [1.82, 2.24) is 9.78 Å². The van der Waals surface area contributed by atoms with Crippen LogP contribution in [0.4, 0.5) is 4.39 Å². The van der Waals surface area contributed by atoms with Gasteiger partial charge in [-0.05, 0) is 28.8 Å². The lowest BCUT2D eigenvalue weighted by Gasteiger charge is -2.36. The fraction of sp³-hybridized carbons (Fsp3) is 0.129. The van der Waals surface area contributed by atoms with Gasteiger partial charge in [-0.25, -0.2) is 4.39 Å². The molecule has 0 atom stereocenters. The largest absolute Gasteiger partial charge is 0.492 e. The second kappa shape index (κ2) is 11.7. The van der Waals surface area contributed by atoms with Crippen LogP contribution in [0.3, 0.4) is 0 Å². The summed E-state index contributed by atoms with van der Waals surface area (Å²) in [7, 11) is -0.323. The predicted molar refractivity (Wildman–Crippen MR) is 149 cm³/mol. The minimum Gasteiger partial charge on any atom is -0.491 e. The van der Waals surface area contributed by atoms with Gasteiger partial charge in [-0.2, -0.15) is 5.10 Å². The van der Waals surface area contributed by atoms with Crippen molar-refractivity contribution in [3.05, 3.63) is 138 Å². The van der Waals surface area contributed by atoms with Crippen molar-refractivity contribution in [2.75, 3.05) is 20.3 Å². The van der Waals surface area contributed by atoms with Gasteiger partial charge in [0.15, 0.2) is 0 Å². The number of aromatic nitrogens is 2. The van der Waals surface area contributed by atoms with Crippen molar-refractivity contribution in [3.63, 3.8) is 0 Å². The van der Waals surface area contributed by atoms with E-state index >= 15 is 4.39 Å². The van der Waals surface area contributed by atoms with Gasteiger partial charge in [-0.15, -0.1) is 0 Å². The van der Waals surface area contributed by atoms with Crippen LogP contribution in [-0.4, -0.2) is 47.3 Å². The first-order valence-electron chi connectivity index (χ1n) is 12.6. The molecule has 5 rings (SSSR count). The van der Waals surface area contributed by atoms with E-state index in [-0.39, 0.29) is 23.3 Å². The number of benzene rings is 4. The Morgan fingerprint density at radius 2 is 1.33 bits per heavy atom. The summed E-state index contributed by atoms with van der Waals surface area (Å²) in [5, 5.41) is 25.6. The van der Waals surface area contributed by atoms with Gasteiger partial charge in [0.1, 0.15) is 23.7 Å². The first-order chi connectivity index (χ1) is 19.1. The summed E-state index contributed by atoms with van der Waals surface area (Å²) in [6.45, 7) is 0.646. The van der Waals surface area contributed by atoms with Crippen LogP contribution in [0.15, 0.2) is 115 Å². The van der Waals surface area contributed by atoms with Gasteiger partial charge in [-0.3, -0.25) is 4.68 Å². The molecule has 0 bridgehead atoms. The highest BCUT2D eigenvalue weighted by molar-refractivity contribution is 6.60. The predicted octanol–water partition coefficient (Wildman–Crippen LogP) is 4.23. The van der Waals surface area contributed by atoms with E-state index in [1.54, 1.807) is 24.1 Å². The Hall–Kier alpha value is -4.24. The highest BCUT2D eigenvalue weighted by Gasteiger charge is 2.41. The smallest absolute Gasteiger partial charge is 0.491 e. The van der Waals surface area contributed by atoms with Gasteiger partial charge in [0.05, 0.1) is 12.3 Å². The molecule has 6 nitrogen and oxygen atoms in total. The van der Waals surface area contributed by atoms with E-state index in [4.69, 9.17) is 14.6 Å². The average Bonchev–Trinajstić information content (AvgIpc) is 3.41. The Labute approximate surface area is 227 Å². The van der Waals surface area contributed by atoms with Crippen molar-refractivity contribution < 1.29 is 23.9 Å². The van der Waals surface area contributed by atoms with Gasteiger partial charge in [0.2, 0.25) is 0 Å². The molecule has 2 N–H and O–H groups in total. The molecule has 8 heteroatoms. The maximum atomic E-state index is 15.4. The van der Waals surface area contributed by atoms with E-state index in [2.05, 4.69) is 0 Å². The molecule has 0 aliphatic carbocycles. The fourth-order valence-electron chi connectivity index (χ4n) is 4.91. The van der Waals surface area contributed by atoms with E-state index in [0.29, 0.717) is 12.4 Å². The SMILES string of the molecule is COCCOc1ccc(-c2nn(C(c3ccccc3)(c3ccccc3)c3ccccc3)cc2B(O)O)c(F)c1. The van der Waals surface area contributed by atoms with E-state index in [9.17, 15) is 10.0 Å². The molecule has 1 heterocycles. The van der Waals surface area contributed by atoms with Crippen molar-refractivity contribution >= 4 is 12.6 Å². The van der Waals surface area contributed by atoms with Gasteiger partial charge < -0.3 is 19.5 Å². The molecule has 0 aliphatic heterocycles. The zero-order chi connectivity index (χ0) is 27.2. The van der Waals surface area contributed by atoms with Crippen molar-refractivity contribution in [3.8, 4) is 17.0 Å². The molecule has 0 aliphatic rings. The minimum absolute atomic E-state index is 0.0779. The normalized spacial score (nSPS) is 11.4. The van der Waals surface area contributed by atoms with Crippen molar-refractivity contribution in [2.24, 2.45) is 0 Å². The molecular weight excluding hydrogens is 494 g/mol. The second-order valence-corrected chi connectivity index (χ2v) is 9.04. The third kappa shape index (κ3) is 5.10. The first kappa shape index (κ1) is 26.4. The van der Waals surface area contributed by atoms with Crippen molar-refractivity contribution in [1.29, 1.82) is 0 Å². The molecule has 0 unspecified atom stereocenters. The topological polar surface area (TPSA) is 76.7 Å². The Balaban J connectivity index is 1.75. The van der Waals surface area contributed by atoms with Gasteiger partial charge >= 0.3 is 7.12 Å². The number of rotatable bonds is 10. The van der Waals surface area contributed by atoms with Crippen LogP contribution >= 0.6 is 0 Å². The van der Waals surface area contributed by atoms with Crippen LogP contribution in [-0.2, 0) is 10.3 Å². The molecule has 5 aromatic rings. The zero-order valence-electron chi connectivity index (χ0n) is 21.4. The third-order valence-electron chi connectivity index (χ3n) is 6.69. The highest BCUT2D eigenvalue weighted by Crippen LogP contribution is 2.40. The quantitative estimate of drug-likeness (QED) is 0.163. The summed E-state index contributed by atoms with van der Waals surface area (Å²) in [5.41, 5.74) is 2.03. The summed E-state index contributed by atoms with van der Waals surface area (Å²) >= 11 is 0. The molecule has 0 fully saturated rings. The summed E-state index contributed by atoms with van der Waals surface area (Å²) in [6, 6.07) is 33.9. The fourth-order valence-corrected chi connectivity index (χ4v) is 4.91. The van der Waals surface area contributed by atoms with Crippen LogP contribution in [0.1, 0.15) is 16.7 Å². The molecule has 39 heavy (non-hydrogen) atoms. The monoisotopic (exact) mass is 522 g/mol. The second-order valence-electron chi connectivity index (χ2n) is 9.04. The van der Waals surface area contributed by atoms with Crippen molar-refractivity contribution in [2.45, 2.75) is 5.54 Å². The van der Waals surface area contributed by atoms with E-state index < -0.39 is 18.5 Å². The summed E-state index contributed by atoms with van der Waals surface area (Å²) in [6.07, 6.45) is 1.58. The molecular formula is C31H28BFN2O4. The zero-order valence-corrected chi connectivity index (χ0v) is 21.4. The number of halogens is 1. The van der Waals surface area contributed by atoms with E-state index in [1.165, 1.54) is 12.1 Å². The Morgan fingerprint density at radius 3 is 1.79 bits per heavy atom. The molecule has 0 amide bonds. The Morgan fingerprint density at radius 1 is 0.795 bits per heavy atom.